The lowest BCUT2D eigenvalue weighted by molar-refractivity contribution is -0.150. The van der Waals surface area contributed by atoms with Gasteiger partial charge in [0, 0.05) is 6.20 Å². The van der Waals surface area contributed by atoms with Crippen LogP contribution in [0.15, 0.2) is 24.4 Å². The van der Waals surface area contributed by atoms with Crippen LogP contribution in [0.25, 0.3) is 0 Å². The summed E-state index contributed by atoms with van der Waals surface area (Å²) >= 11 is 3.78. The van der Waals surface area contributed by atoms with Crippen LogP contribution in [0.2, 0.25) is 0 Å². The monoisotopic (exact) mass is 378 g/mol. The van der Waals surface area contributed by atoms with Crippen LogP contribution in [-0.2, 0) is 14.3 Å². The van der Waals surface area contributed by atoms with E-state index in [9.17, 15) is 9.59 Å². The zero-order valence-corrected chi connectivity index (χ0v) is 16.4. The van der Waals surface area contributed by atoms with Crippen molar-refractivity contribution >= 4 is 24.7 Å². The van der Waals surface area contributed by atoms with Crippen LogP contribution in [0.3, 0.4) is 0 Å². The molecule has 2 rings (SSSR count). The van der Waals surface area contributed by atoms with Crippen LogP contribution in [0.5, 0.6) is 0 Å². The number of hydrogen-bond donors (Lipinski definition) is 2. The highest BCUT2D eigenvalue weighted by Gasteiger charge is 2.32. The Kier molecular flexibility index (Phi) is 8.95. The average molecular weight is 379 g/mol. The second-order valence-electron chi connectivity index (χ2n) is 7.18. The molecular formula is C20H30N2O3S. The van der Waals surface area contributed by atoms with E-state index in [0.717, 1.165) is 18.8 Å². The van der Waals surface area contributed by atoms with E-state index < -0.39 is 17.8 Å². The molecule has 0 aromatic carbocycles. The minimum Gasteiger partial charge on any atom is -0.465 e. The van der Waals surface area contributed by atoms with Crippen LogP contribution >= 0.6 is 12.8 Å². The average Bonchev–Trinajstić information content (AvgIpc) is 2.68. The summed E-state index contributed by atoms with van der Waals surface area (Å²) in [5, 5.41) is 0. The van der Waals surface area contributed by atoms with E-state index in [1.807, 2.05) is 0 Å². The highest BCUT2D eigenvalue weighted by Crippen LogP contribution is 2.32. The van der Waals surface area contributed by atoms with Gasteiger partial charge in [0.05, 0.1) is 12.3 Å². The second-order valence-corrected chi connectivity index (χ2v) is 7.40. The molecule has 6 heteroatoms. The Hall–Kier alpha value is -1.56. The summed E-state index contributed by atoms with van der Waals surface area (Å²) in [5.41, 5.74) is 0.378. The molecule has 1 aliphatic rings. The van der Waals surface area contributed by atoms with Crippen LogP contribution in [0.1, 0.15) is 69.9 Å². The Morgan fingerprint density at radius 3 is 2.58 bits per heavy atom. The number of carbonyl (C=O) groups excluding carboxylic acids is 2. The van der Waals surface area contributed by atoms with Gasteiger partial charge in [-0.2, -0.15) is 0 Å². The molecule has 1 unspecified atom stereocenters. The molecule has 0 bridgehead atoms. The topological polar surface area (TPSA) is 68.3 Å². The smallest absolute Gasteiger partial charge is 0.324 e. The first-order valence-corrected chi connectivity index (χ1v) is 10.1. The third kappa shape index (κ3) is 6.31. The molecule has 1 saturated carbocycles. The minimum absolute atomic E-state index is 0.378. The van der Waals surface area contributed by atoms with Gasteiger partial charge < -0.3 is 9.46 Å². The van der Waals surface area contributed by atoms with E-state index >= 15 is 0 Å². The number of aromatic nitrogens is 1. The highest BCUT2D eigenvalue weighted by atomic mass is 32.1. The van der Waals surface area contributed by atoms with E-state index in [4.69, 9.17) is 4.74 Å². The molecular weight excluding hydrogens is 348 g/mol. The molecule has 0 saturated heterocycles. The maximum Gasteiger partial charge on any atom is 0.324 e. The molecule has 1 N–H and O–H groups in total. The van der Waals surface area contributed by atoms with Crippen molar-refractivity contribution < 1.29 is 14.3 Å². The van der Waals surface area contributed by atoms with Crippen molar-refractivity contribution in [1.29, 1.82) is 0 Å². The molecule has 1 aromatic rings. The number of nitrogens with zero attached hydrogens (tertiary/aromatic N) is 1. The third-order valence-corrected chi connectivity index (χ3v) is 5.46. The van der Waals surface area contributed by atoms with E-state index in [0.29, 0.717) is 18.2 Å². The van der Waals surface area contributed by atoms with Gasteiger partial charge in [0.15, 0.2) is 5.92 Å². The SMILES string of the molecule is CCCCCC1CCC(COC(=O)C(C(=O)NS)c2ccccn2)CC1. The van der Waals surface area contributed by atoms with E-state index in [1.165, 1.54) is 38.5 Å². The first kappa shape index (κ1) is 20.7. The number of ether oxygens (including phenoxy) is 1. The van der Waals surface area contributed by atoms with Gasteiger partial charge in [-0.1, -0.05) is 64.3 Å². The van der Waals surface area contributed by atoms with Crippen molar-refractivity contribution in [3.8, 4) is 0 Å². The first-order chi connectivity index (χ1) is 12.7. The number of carbonyl (C=O) groups is 2. The summed E-state index contributed by atoms with van der Waals surface area (Å²) < 4.78 is 7.71. The van der Waals surface area contributed by atoms with Crippen LogP contribution < -0.4 is 4.72 Å². The largest absolute Gasteiger partial charge is 0.465 e. The fraction of sp³-hybridized carbons (Fsp3) is 0.650. The first-order valence-electron chi connectivity index (χ1n) is 9.67. The summed E-state index contributed by atoms with van der Waals surface area (Å²) in [6.45, 7) is 2.61. The van der Waals surface area contributed by atoms with Crippen molar-refractivity contribution in [1.82, 2.24) is 9.71 Å². The molecule has 1 aromatic heterocycles. The molecule has 0 spiro atoms. The Morgan fingerprint density at radius 2 is 1.96 bits per heavy atom. The Labute approximate surface area is 161 Å². The molecule has 1 fully saturated rings. The van der Waals surface area contributed by atoms with Gasteiger partial charge in [-0.25, -0.2) is 0 Å². The lowest BCUT2D eigenvalue weighted by Gasteiger charge is -2.28. The van der Waals surface area contributed by atoms with Crippen LogP contribution in [0.4, 0.5) is 0 Å². The van der Waals surface area contributed by atoms with Crippen molar-refractivity contribution in [2.75, 3.05) is 6.61 Å². The maximum atomic E-state index is 12.5. The predicted octanol–water partition coefficient (Wildman–Crippen LogP) is 4.06. The molecule has 1 aliphatic carbocycles. The standard InChI is InChI=1S/C20H30N2O3S/c1-2-3-4-7-15-9-11-16(12-10-15)14-25-20(24)18(19(23)22-26)17-8-5-6-13-21-17/h5-6,8,13,15-16,18,26H,2-4,7,9-12,14H2,1H3,(H,22,23). The minimum atomic E-state index is -1.07. The van der Waals surface area contributed by atoms with Gasteiger partial charge in [-0.15, -0.1) is 0 Å². The second kappa shape index (κ2) is 11.2. The number of thiol groups is 1. The van der Waals surface area contributed by atoms with Crippen molar-refractivity contribution in [2.24, 2.45) is 11.8 Å². The van der Waals surface area contributed by atoms with Gasteiger partial charge in [0.1, 0.15) is 0 Å². The molecule has 1 amide bonds. The van der Waals surface area contributed by atoms with Gasteiger partial charge in [-0.3, -0.25) is 14.6 Å². The summed E-state index contributed by atoms with van der Waals surface area (Å²) in [7, 11) is 0. The third-order valence-electron chi connectivity index (χ3n) is 5.24. The fourth-order valence-corrected chi connectivity index (χ4v) is 3.76. The molecule has 5 nitrogen and oxygen atoms in total. The maximum absolute atomic E-state index is 12.5. The summed E-state index contributed by atoms with van der Waals surface area (Å²) in [6, 6.07) is 5.13. The van der Waals surface area contributed by atoms with Gasteiger partial charge in [0.2, 0.25) is 5.91 Å². The van der Waals surface area contributed by atoms with Crippen LogP contribution in [0, 0.1) is 11.8 Å². The highest BCUT2D eigenvalue weighted by molar-refractivity contribution is 7.78. The molecule has 1 atom stereocenters. The van der Waals surface area contributed by atoms with E-state index in [1.54, 1.807) is 24.4 Å². The van der Waals surface area contributed by atoms with Gasteiger partial charge in [0.25, 0.3) is 0 Å². The molecule has 144 valence electrons. The molecule has 1 heterocycles. The van der Waals surface area contributed by atoms with Crippen molar-refractivity contribution in [3.05, 3.63) is 30.1 Å². The number of pyridine rings is 1. The van der Waals surface area contributed by atoms with Crippen molar-refractivity contribution in [2.45, 2.75) is 64.2 Å². The van der Waals surface area contributed by atoms with E-state index in [-0.39, 0.29) is 0 Å². The van der Waals surface area contributed by atoms with Crippen molar-refractivity contribution in [3.63, 3.8) is 0 Å². The zero-order chi connectivity index (χ0) is 18.8. The van der Waals surface area contributed by atoms with E-state index in [2.05, 4.69) is 29.4 Å². The quantitative estimate of drug-likeness (QED) is 0.294. The fourth-order valence-electron chi connectivity index (χ4n) is 3.63. The zero-order valence-electron chi connectivity index (χ0n) is 15.5. The molecule has 0 radical (unpaired) electrons. The summed E-state index contributed by atoms with van der Waals surface area (Å²) in [5.74, 6) is -0.925. The number of unbranched alkanes of at least 4 members (excludes halogenated alkanes) is 2. The van der Waals surface area contributed by atoms with Crippen LogP contribution in [-0.4, -0.2) is 23.5 Å². The number of nitrogens with one attached hydrogen (secondary N) is 1. The Bertz CT molecular complexity index is 559. The predicted molar refractivity (Wildman–Crippen MR) is 105 cm³/mol. The van der Waals surface area contributed by atoms with Gasteiger partial charge in [-0.05, 0) is 36.8 Å². The number of esters is 1. The van der Waals surface area contributed by atoms with Gasteiger partial charge >= 0.3 is 5.97 Å². The number of hydrogen-bond acceptors (Lipinski definition) is 5. The normalized spacial score (nSPS) is 21.0. The number of amides is 1. The Balaban J connectivity index is 1.81. The Morgan fingerprint density at radius 1 is 1.23 bits per heavy atom. The summed E-state index contributed by atoms with van der Waals surface area (Å²) in [4.78, 5) is 28.6. The summed E-state index contributed by atoms with van der Waals surface area (Å²) in [6.07, 6.45) is 11.4. The lowest BCUT2D eigenvalue weighted by Crippen LogP contribution is -2.32. The lowest BCUT2D eigenvalue weighted by atomic mass is 9.80. The molecule has 26 heavy (non-hydrogen) atoms. The molecule has 0 aliphatic heterocycles. The number of rotatable bonds is 9.